The molecular weight excluding hydrogens is 691 g/mol. The summed E-state index contributed by atoms with van der Waals surface area (Å²) in [5.41, 5.74) is -5.00. The second kappa shape index (κ2) is 15.4. The van der Waals surface area contributed by atoms with Crippen LogP contribution >= 0.6 is 0 Å². The van der Waals surface area contributed by atoms with Crippen molar-refractivity contribution in [1.29, 1.82) is 0 Å². The van der Waals surface area contributed by atoms with Crippen LogP contribution < -0.4 is 14.5 Å². The molecule has 3 aromatic rings. The second-order valence-corrected chi connectivity index (χ2v) is 11.1. The normalized spacial score (nSPS) is 15.2. The van der Waals surface area contributed by atoms with Gasteiger partial charge in [-0.1, -0.05) is 6.92 Å². The van der Waals surface area contributed by atoms with Crippen molar-refractivity contribution in [2.24, 2.45) is 0 Å². The first-order valence-electron chi connectivity index (χ1n) is 15.2. The van der Waals surface area contributed by atoms with Gasteiger partial charge in [0.25, 0.3) is 0 Å². The summed E-state index contributed by atoms with van der Waals surface area (Å²) in [6.07, 6.45) is -13.1. The lowest BCUT2D eigenvalue weighted by molar-refractivity contribution is -0.144. The van der Waals surface area contributed by atoms with Crippen molar-refractivity contribution >= 4 is 23.7 Å². The first-order chi connectivity index (χ1) is 23.4. The lowest BCUT2D eigenvalue weighted by atomic mass is 10.0. The van der Waals surface area contributed by atoms with Gasteiger partial charge in [-0.3, -0.25) is 9.69 Å². The maximum Gasteiger partial charge on any atom is 0.416 e. The van der Waals surface area contributed by atoms with Gasteiger partial charge in [0.1, 0.15) is 6.61 Å². The molecular formula is C32H31F9N4O5. The average Bonchev–Trinajstić information content (AvgIpc) is 3.41. The lowest BCUT2D eigenvalue weighted by Crippen LogP contribution is -2.35. The fourth-order valence-corrected chi connectivity index (χ4v) is 5.10. The molecule has 18 heteroatoms. The van der Waals surface area contributed by atoms with E-state index in [1.54, 1.807) is 13.8 Å². The molecule has 0 N–H and O–H groups in total. The van der Waals surface area contributed by atoms with Gasteiger partial charge < -0.3 is 19.1 Å². The molecule has 1 aliphatic heterocycles. The Kier molecular flexibility index (Phi) is 11.7. The van der Waals surface area contributed by atoms with Gasteiger partial charge in [0.2, 0.25) is 5.95 Å². The van der Waals surface area contributed by atoms with E-state index in [4.69, 9.17) is 14.2 Å². The summed E-state index contributed by atoms with van der Waals surface area (Å²) < 4.78 is 139. The minimum Gasteiger partial charge on any atom is -0.490 e. The van der Waals surface area contributed by atoms with E-state index in [2.05, 4.69) is 9.97 Å². The number of amides is 1. The Morgan fingerprint density at radius 3 is 2.08 bits per heavy atom. The molecule has 0 spiro atoms. The summed E-state index contributed by atoms with van der Waals surface area (Å²) in [7, 11) is 0. The molecule has 0 unspecified atom stereocenters. The number of alkyl halides is 9. The zero-order valence-corrected chi connectivity index (χ0v) is 26.6. The van der Waals surface area contributed by atoms with Gasteiger partial charge in [-0.05, 0) is 67.3 Å². The van der Waals surface area contributed by atoms with Crippen LogP contribution in [0.1, 0.15) is 60.9 Å². The molecule has 50 heavy (non-hydrogen) atoms. The van der Waals surface area contributed by atoms with E-state index in [1.165, 1.54) is 0 Å². The number of nitrogens with zero attached hydrogens (tertiary/aromatic N) is 4. The van der Waals surface area contributed by atoms with Gasteiger partial charge in [-0.15, -0.1) is 0 Å². The van der Waals surface area contributed by atoms with Crippen molar-refractivity contribution in [1.82, 2.24) is 9.97 Å². The van der Waals surface area contributed by atoms with E-state index in [0.717, 1.165) is 40.4 Å². The molecule has 1 aromatic heterocycles. The molecule has 9 nitrogen and oxygen atoms in total. The summed E-state index contributed by atoms with van der Waals surface area (Å²) in [6, 6.07) is 2.88. The molecule has 0 radical (unpaired) electrons. The Morgan fingerprint density at radius 1 is 0.900 bits per heavy atom. The van der Waals surface area contributed by atoms with Crippen LogP contribution in [-0.4, -0.2) is 47.9 Å². The molecule has 2 heterocycles. The Balaban J connectivity index is 1.76. The maximum absolute atomic E-state index is 13.9. The van der Waals surface area contributed by atoms with Crippen LogP contribution in [0, 0.1) is 0 Å². The smallest absolute Gasteiger partial charge is 0.416 e. The highest BCUT2D eigenvalue weighted by molar-refractivity contribution is 5.91. The number of anilines is 2. The van der Waals surface area contributed by atoms with Gasteiger partial charge in [-0.2, -0.15) is 39.5 Å². The number of cyclic esters (lactones) is 1. The summed E-state index contributed by atoms with van der Waals surface area (Å²) >= 11 is 0. The monoisotopic (exact) mass is 722 g/mol. The van der Waals surface area contributed by atoms with Crippen LogP contribution in [0.2, 0.25) is 0 Å². The Morgan fingerprint density at radius 2 is 1.52 bits per heavy atom. The van der Waals surface area contributed by atoms with Crippen LogP contribution in [0.4, 0.5) is 55.9 Å². The molecule has 0 aliphatic carbocycles. The summed E-state index contributed by atoms with van der Waals surface area (Å²) in [5, 5.41) is 0. The number of rotatable bonds is 13. The number of hydrogen-bond acceptors (Lipinski definition) is 8. The third-order valence-electron chi connectivity index (χ3n) is 7.48. The number of carbonyl (C=O) groups is 2. The standard InChI is InChI=1S/C32H31F9N4O5/c1-3-24-18-50-29(47)45(24)26-8-7-21(30(33,34)35)12-20(26)17-44(16-19-10-22(31(36,37)38)13-23(11-19)32(39,40)41)28-42-14-25(15-43-28)49-9-5-6-27(46)48-4-2/h7-8,10-15,24H,3-6,9,16-18H2,1-2H3/t24-/m0/s1. The second-order valence-electron chi connectivity index (χ2n) is 11.1. The minimum absolute atomic E-state index is 0.0149. The highest BCUT2D eigenvalue weighted by atomic mass is 19.4. The fraction of sp³-hybridized carbons (Fsp3) is 0.438. The molecule has 0 bridgehead atoms. The van der Waals surface area contributed by atoms with E-state index in [-0.39, 0.29) is 61.7 Å². The average molecular weight is 723 g/mol. The molecule has 1 atom stereocenters. The molecule has 1 fully saturated rings. The zero-order chi connectivity index (χ0) is 36.9. The van der Waals surface area contributed by atoms with Crippen molar-refractivity contribution in [2.75, 3.05) is 29.6 Å². The summed E-state index contributed by atoms with van der Waals surface area (Å²) in [4.78, 5) is 34.7. The first kappa shape index (κ1) is 38.0. The summed E-state index contributed by atoms with van der Waals surface area (Å²) in [5.74, 6) is -0.654. The molecule has 1 saturated heterocycles. The number of aromatic nitrogens is 2. The zero-order valence-electron chi connectivity index (χ0n) is 26.6. The Hall–Kier alpha value is -4.77. The van der Waals surface area contributed by atoms with Gasteiger partial charge in [0, 0.05) is 19.5 Å². The van der Waals surface area contributed by atoms with Gasteiger partial charge in [0.15, 0.2) is 5.75 Å². The van der Waals surface area contributed by atoms with E-state index in [1.807, 2.05) is 0 Å². The van der Waals surface area contributed by atoms with Crippen LogP contribution in [0.25, 0.3) is 0 Å². The number of esters is 1. The molecule has 1 aliphatic rings. The number of benzene rings is 2. The molecule has 272 valence electrons. The Labute approximate surface area is 279 Å². The molecule has 1 amide bonds. The number of hydrogen-bond donors (Lipinski definition) is 0. The molecule has 0 saturated carbocycles. The van der Waals surface area contributed by atoms with Crippen molar-refractivity contribution < 1.29 is 63.3 Å². The predicted octanol–water partition coefficient (Wildman–Crippen LogP) is 8.20. The van der Waals surface area contributed by atoms with Crippen LogP contribution in [-0.2, 0) is 45.9 Å². The predicted molar refractivity (Wildman–Crippen MR) is 159 cm³/mol. The third-order valence-corrected chi connectivity index (χ3v) is 7.48. The Bertz CT molecular complexity index is 1610. The highest BCUT2D eigenvalue weighted by Crippen LogP contribution is 2.39. The van der Waals surface area contributed by atoms with Gasteiger partial charge in [-0.25, -0.2) is 14.8 Å². The molecule has 4 rings (SSSR count). The van der Waals surface area contributed by atoms with Crippen LogP contribution in [0.5, 0.6) is 5.75 Å². The molecule has 2 aromatic carbocycles. The van der Waals surface area contributed by atoms with Crippen molar-refractivity contribution in [3.63, 3.8) is 0 Å². The van der Waals surface area contributed by atoms with E-state index in [0.29, 0.717) is 18.6 Å². The van der Waals surface area contributed by atoms with E-state index in [9.17, 15) is 49.1 Å². The number of carbonyl (C=O) groups excluding carboxylic acids is 2. The fourth-order valence-electron chi connectivity index (χ4n) is 5.10. The van der Waals surface area contributed by atoms with Gasteiger partial charge >= 0.3 is 30.6 Å². The van der Waals surface area contributed by atoms with E-state index < -0.39 is 72.0 Å². The summed E-state index contributed by atoms with van der Waals surface area (Å²) in [6.45, 7) is 2.21. The van der Waals surface area contributed by atoms with Crippen molar-refractivity contribution in [3.8, 4) is 5.75 Å². The first-order valence-corrected chi connectivity index (χ1v) is 15.2. The van der Waals surface area contributed by atoms with Gasteiger partial charge in [0.05, 0.1) is 54.0 Å². The lowest BCUT2D eigenvalue weighted by Gasteiger charge is -2.28. The van der Waals surface area contributed by atoms with Crippen LogP contribution in [0.15, 0.2) is 48.8 Å². The van der Waals surface area contributed by atoms with Crippen LogP contribution in [0.3, 0.4) is 0 Å². The number of ether oxygens (including phenoxy) is 3. The quantitative estimate of drug-likeness (QED) is 0.0991. The minimum atomic E-state index is -5.16. The largest absolute Gasteiger partial charge is 0.490 e. The SMILES string of the molecule is CCOC(=O)CCCOc1cnc(N(Cc2cc(C(F)(F)F)cc(C(F)(F)F)c2)Cc2cc(C(F)(F)F)ccc2N2C(=O)OC[C@@H]2CC)nc1. The maximum atomic E-state index is 13.9. The highest BCUT2D eigenvalue weighted by Gasteiger charge is 2.39. The van der Waals surface area contributed by atoms with Crippen molar-refractivity contribution in [3.05, 3.63) is 76.6 Å². The van der Waals surface area contributed by atoms with Crippen molar-refractivity contribution in [2.45, 2.75) is 70.8 Å². The van der Waals surface area contributed by atoms with E-state index >= 15 is 0 Å². The topological polar surface area (TPSA) is 94.1 Å². The third kappa shape index (κ3) is 9.68. The number of halogens is 9.